The molecule has 1 aliphatic heterocycles. The van der Waals surface area contributed by atoms with Crippen molar-refractivity contribution >= 4 is 28.3 Å². The van der Waals surface area contributed by atoms with Crippen molar-refractivity contribution in [3.05, 3.63) is 17.4 Å². The van der Waals surface area contributed by atoms with Gasteiger partial charge in [-0.15, -0.1) is 0 Å². The van der Waals surface area contributed by atoms with Gasteiger partial charge in [-0.25, -0.2) is 4.98 Å². The number of H-pyrrole nitrogens is 1. The van der Waals surface area contributed by atoms with Crippen molar-refractivity contribution < 1.29 is 0 Å². The fraction of sp³-hybridized carbons (Fsp3) is 0.500. The first-order valence-electron chi connectivity index (χ1n) is 5.95. The number of nitrogens with one attached hydrogen (secondary N) is 1. The zero-order valence-electron chi connectivity index (χ0n) is 9.94. The van der Waals surface area contributed by atoms with Crippen molar-refractivity contribution in [3.8, 4) is 0 Å². The third kappa shape index (κ3) is 1.67. The Kier molecular flexibility index (Phi) is 2.47. The van der Waals surface area contributed by atoms with E-state index in [1.807, 2.05) is 6.07 Å². The fourth-order valence-corrected chi connectivity index (χ4v) is 2.84. The lowest BCUT2D eigenvalue weighted by atomic mass is 10.2. The van der Waals surface area contributed by atoms with Gasteiger partial charge in [0.05, 0.1) is 10.9 Å². The molecule has 0 aliphatic carbocycles. The summed E-state index contributed by atoms with van der Waals surface area (Å²) in [7, 11) is 0. The first kappa shape index (κ1) is 10.8. The SMILES string of the molecule is CC1CCC(C)N1c1n[nH]c2cc(Cl)ncc12. The van der Waals surface area contributed by atoms with E-state index < -0.39 is 0 Å². The van der Waals surface area contributed by atoms with E-state index in [0.717, 1.165) is 16.7 Å². The molecule has 2 unspecified atom stereocenters. The van der Waals surface area contributed by atoms with Gasteiger partial charge in [-0.3, -0.25) is 5.10 Å². The van der Waals surface area contributed by atoms with Gasteiger partial charge in [-0.1, -0.05) is 11.6 Å². The second kappa shape index (κ2) is 3.88. The summed E-state index contributed by atoms with van der Waals surface area (Å²) in [4.78, 5) is 6.51. The number of nitrogens with zero attached hydrogens (tertiary/aromatic N) is 3. The Bertz CT molecular complexity index is 540. The molecular weight excluding hydrogens is 236 g/mol. The molecule has 5 heteroatoms. The van der Waals surface area contributed by atoms with Gasteiger partial charge >= 0.3 is 0 Å². The third-order valence-electron chi connectivity index (χ3n) is 3.59. The number of aromatic nitrogens is 3. The minimum Gasteiger partial charge on any atom is -0.349 e. The molecule has 4 nitrogen and oxygen atoms in total. The summed E-state index contributed by atoms with van der Waals surface area (Å²) in [6, 6.07) is 2.89. The number of hydrogen-bond donors (Lipinski definition) is 1. The van der Waals surface area contributed by atoms with Crippen molar-refractivity contribution in [2.24, 2.45) is 0 Å². The van der Waals surface area contributed by atoms with Gasteiger partial charge in [0.1, 0.15) is 5.15 Å². The van der Waals surface area contributed by atoms with Crippen LogP contribution in [0.2, 0.25) is 5.15 Å². The van der Waals surface area contributed by atoms with Gasteiger partial charge < -0.3 is 4.90 Å². The highest BCUT2D eigenvalue weighted by molar-refractivity contribution is 6.30. The molecule has 0 radical (unpaired) electrons. The Hall–Kier alpha value is -1.29. The average Bonchev–Trinajstić information content (AvgIpc) is 2.83. The topological polar surface area (TPSA) is 44.8 Å². The maximum atomic E-state index is 5.87. The standard InChI is InChI=1S/C12H15ClN4/c1-7-3-4-8(2)17(7)12-9-6-14-11(13)5-10(9)15-16-12/h5-8H,3-4H2,1-2H3,(H,15,16). The highest BCUT2D eigenvalue weighted by atomic mass is 35.5. The maximum Gasteiger partial charge on any atom is 0.160 e. The largest absolute Gasteiger partial charge is 0.349 e. The van der Waals surface area contributed by atoms with Gasteiger partial charge in [-0.2, -0.15) is 5.10 Å². The number of rotatable bonds is 1. The summed E-state index contributed by atoms with van der Waals surface area (Å²) >= 11 is 5.87. The Balaban J connectivity index is 2.11. The van der Waals surface area contributed by atoms with E-state index in [4.69, 9.17) is 11.6 Å². The van der Waals surface area contributed by atoms with Gasteiger partial charge in [-0.05, 0) is 26.7 Å². The van der Waals surface area contributed by atoms with Crippen molar-refractivity contribution in [1.82, 2.24) is 15.2 Å². The Labute approximate surface area is 105 Å². The molecule has 1 fully saturated rings. The lowest BCUT2D eigenvalue weighted by Crippen LogP contribution is -2.32. The fourth-order valence-electron chi connectivity index (χ4n) is 2.68. The molecule has 2 aromatic rings. The molecule has 0 aromatic carbocycles. The van der Waals surface area contributed by atoms with Gasteiger partial charge in [0.25, 0.3) is 0 Å². The second-order valence-electron chi connectivity index (χ2n) is 4.78. The van der Waals surface area contributed by atoms with E-state index in [1.165, 1.54) is 12.8 Å². The predicted molar refractivity (Wildman–Crippen MR) is 69.5 cm³/mol. The molecule has 17 heavy (non-hydrogen) atoms. The molecule has 1 saturated heterocycles. The van der Waals surface area contributed by atoms with Crippen molar-refractivity contribution in [2.45, 2.75) is 38.8 Å². The van der Waals surface area contributed by atoms with Crippen LogP contribution < -0.4 is 4.90 Å². The van der Waals surface area contributed by atoms with E-state index in [1.54, 1.807) is 6.20 Å². The average molecular weight is 251 g/mol. The lowest BCUT2D eigenvalue weighted by Gasteiger charge is -2.26. The highest BCUT2D eigenvalue weighted by Crippen LogP contribution is 2.33. The van der Waals surface area contributed by atoms with Crippen LogP contribution in [0.5, 0.6) is 0 Å². The molecule has 2 aromatic heterocycles. The number of hydrogen-bond acceptors (Lipinski definition) is 3. The van der Waals surface area contributed by atoms with E-state index >= 15 is 0 Å². The van der Waals surface area contributed by atoms with Crippen molar-refractivity contribution in [1.29, 1.82) is 0 Å². The summed E-state index contributed by atoms with van der Waals surface area (Å²) in [5.41, 5.74) is 0.950. The van der Waals surface area contributed by atoms with Crippen LogP contribution >= 0.6 is 11.6 Å². The van der Waals surface area contributed by atoms with E-state index in [9.17, 15) is 0 Å². The zero-order chi connectivity index (χ0) is 12.0. The molecular formula is C12H15ClN4. The second-order valence-corrected chi connectivity index (χ2v) is 5.17. The third-order valence-corrected chi connectivity index (χ3v) is 3.80. The van der Waals surface area contributed by atoms with Crippen LogP contribution in [0.25, 0.3) is 10.9 Å². The minimum atomic E-state index is 0.496. The summed E-state index contributed by atoms with van der Waals surface area (Å²) in [6.07, 6.45) is 4.24. The number of fused-ring (bicyclic) bond motifs is 1. The highest BCUT2D eigenvalue weighted by Gasteiger charge is 2.30. The first-order valence-corrected chi connectivity index (χ1v) is 6.32. The van der Waals surface area contributed by atoms with E-state index in [2.05, 4.69) is 33.9 Å². The summed E-state index contributed by atoms with van der Waals surface area (Å²) < 4.78 is 0. The Morgan fingerprint density at radius 1 is 1.35 bits per heavy atom. The molecule has 0 saturated carbocycles. The van der Waals surface area contributed by atoms with Crippen LogP contribution in [-0.2, 0) is 0 Å². The van der Waals surface area contributed by atoms with Gasteiger partial charge in [0.15, 0.2) is 5.82 Å². The molecule has 0 bridgehead atoms. The monoisotopic (exact) mass is 250 g/mol. The van der Waals surface area contributed by atoms with E-state index in [0.29, 0.717) is 17.2 Å². The van der Waals surface area contributed by atoms with E-state index in [-0.39, 0.29) is 0 Å². The molecule has 90 valence electrons. The summed E-state index contributed by atoms with van der Waals surface area (Å²) in [5, 5.41) is 9.00. The zero-order valence-corrected chi connectivity index (χ0v) is 10.7. The summed E-state index contributed by atoms with van der Waals surface area (Å²) in [6.45, 7) is 4.49. The van der Waals surface area contributed by atoms with Crippen LogP contribution in [0, 0.1) is 0 Å². The molecule has 1 N–H and O–H groups in total. The molecule has 1 aliphatic rings. The lowest BCUT2D eigenvalue weighted by molar-refractivity contribution is 0.683. The smallest absolute Gasteiger partial charge is 0.160 e. The van der Waals surface area contributed by atoms with Crippen LogP contribution in [0.3, 0.4) is 0 Å². The van der Waals surface area contributed by atoms with Gasteiger partial charge in [0, 0.05) is 24.3 Å². The molecule has 3 rings (SSSR count). The molecule has 0 amide bonds. The minimum absolute atomic E-state index is 0.496. The van der Waals surface area contributed by atoms with Crippen LogP contribution in [-0.4, -0.2) is 27.3 Å². The number of halogens is 1. The maximum absolute atomic E-state index is 5.87. The Morgan fingerprint density at radius 2 is 2.06 bits per heavy atom. The normalized spacial score (nSPS) is 24.8. The van der Waals surface area contributed by atoms with Crippen LogP contribution in [0.4, 0.5) is 5.82 Å². The van der Waals surface area contributed by atoms with Crippen LogP contribution in [0.15, 0.2) is 12.3 Å². The van der Waals surface area contributed by atoms with Gasteiger partial charge in [0.2, 0.25) is 0 Å². The molecule has 0 spiro atoms. The number of aromatic amines is 1. The number of anilines is 1. The quantitative estimate of drug-likeness (QED) is 0.792. The molecule has 3 heterocycles. The van der Waals surface area contributed by atoms with Crippen molar-refractivity contribution in [3.63, 3.8) is 0 Å². The number of pyridine rings is 1. The predicted octanol–water partition coefficient (Wildman–Crippen LogP) is 2.99. The van der Waals surface area contributed by atoms with Crippen molar-refractivity contribution in [2.75, 3.05) is 4.90 Å². The summed E-state index contributed by atoms with van der Waals surface area (Å²) in [5.74, 6) is 1.00. The molecule has 2 atom stereocenters. The Morgan fingerprint density at radius 3 is 2.76 bits per heavy atom. The first-order chi connectivity index (χ1) is 8.16. The van der Waals surface area contributed by atoms with Crippen LogP contribution in [0.1, 0.15) is 26.7 Å².